The summed E-state index contributed by atoms with van der Waals surface area (Å²) < 4.78 is 13.4. The predicted molar refractivity (Wildman–Crippen MR) is 108 cm³/mol. The summed E-state index contributed by atoms with van der Waals surface area (Å²) in [5.74, 6) is 2.75. The maximum absolute atomic E-state index is 12.0. The third kappa shape index (κ3) is 4.40. The van der Waals surface area contributed by atoms with E-state index in [1.807, 2.05) is 16.8 Å². The second-order valence-electron chi connectivity index (χ2n) is 7.06. The van der Waals surface area contributed by atoms with Crippen LogP contribution in [0.1, 0.15) is 58.1 Å². The van der Waals surface area contributed by atoms with E-state index in [0.29, 0.717) is 36.1 Å². The third-order valence-electron chi connectivity index (χ3n) is 5.00. The molecule has 1 aliphatic rings. The van der Waals surface area contributed by atoms with Gasteiger partial charge in [0.05, 0.1) is 5.39 Å². The molecule has 0 aliphatic carbocycles. The number of fused-ring (bicyclic) bond motifs is 1. The zero-order valence-corrected chi connectivity index (χ0v) is 16.7. The monoisotopic (exact) mass is 404 g/mol. The average Bonchev–Trinajstić information content (AvgIpc) is 3.28. The maximum atomic E-state index is 12.0. The summed E-state index contributed by atoms with van der Waals surface area (Å²) in [6, 6.07) is 1.82. The second kappa shape index (κ2) is 8.80. The van der Waals surface area contributed by atoms with Gasteiger partial charge in [0, 0.05) is 12.6 Å². The van der Waals surface area contributed by atoms with E-state index in [1.165, 1.54) is 0 Å². The van der Waals surface area contributed by atoms with Crippen LogP contribution in [0, 0.1) is 12.3 Å². The number of anilines is 1. The van der Waals surface area contributed by atoms with Gasteiger partial charge in [0.15, 0.2) is 5.60 Å². The number of nitrogen functional groups attached to an aromatic ring is 1. The van der Waals surface area contributed by atoms with Crippen molar-refractivity contribution < 1.29 is 14.3 Å². The van der Waals surface area contributed by atoms with Crippen molar-refractivity contribution in [2.24, 2.45) is 0 Å². The van der Waals surface area contributed by atoms with E-state index in [1.54, 1.807) is 0 Å². The Morgan fingerprint density at radius 3 is 3.07 bits per heavy atom. The van der Waals surface area contributed by atoms with Crippen molar-refractivity contribution in [3.8, 4) is 12.3 Å². The zero-order chi connectivity index (χ0) is 20.1. The quantitative estimate of drug-likeness (QED) is 0.311. The number of halogens is 1. The number of terminal acetylenes is 1. The number of unbranched alkanes of at least 4 members (excludes halogenated alkanes) is 3. The number of nitrogens with two attached hydrogens (primary N) is 1. The number of hydrogen-bond acceptors (Lipinski definition) is 6. The van der Waals surface area contributed by atoms with Crippen molar-refractivity contribution in [2.45, 2.75) is 63.7 Å². The Labute approximate surface area is 169 Å². The molecule has 0 spiro atoms. The van der Waals surface area contributed by atoms with Crippen LogP contribution in [0.15, 0.2) is 12.3 Å². The number of ether oxygens (including phenoxy) is 2. The molecule has 1 fully saturated rings. The molecule has 0 unspecified atom stereocenters. The van der Waals surface area contributed by atoms with Crippen molar-refractivity contribution in [1.29, 1.82) is 0 Å². The van der Waals surface area contributed by atoms with E-state index < -0.39 is 5.60 Å². The molecule has 2 atom stereocenters. The zero-order valence-electron chi connectivity index (χ0n) is 16.0. The van der Waals surface area contributed by atoms with Crippen LogP contribution in [0.25, 0.3) is 11.0 Å². The number of carbonyl (C=O) groups excluding carboxylic acids is 1. The minimum Gasteiger partial charge on any atom is -0.462 e. The number of aromatic nitrogens is 3. The number of esters is 1. The Balaban J connectivity index is 1.64. The Hall–Kier alpha value is -2.30. The summed E-state index contributed by atoms with van der Waals surface area (Å²) in [5, 5.41) is 0.771. The van der Waals surface area contributed by atoms with Gasteiger partial charge < -0.3 is 19.8 Å². The van der Waals surface area contributed by atoms with Crippen molar-refractivity contribution in [1.82, 2.24) is 14.5 Å². The fraction of sp³-hybridized carbons (Fsp3) is 0.550. The van der Waals surface area contributed by atoms with Gasteiger partial charge in [-0.05, 0) is 36.9 Å². The molecule has 1 saturated heterocycles. The third-order valence-corrected chi connectivity index (χ3v) is 5.17. The summed E-state index contributed by atoms with van der Waals surface area (Å²) >= 11 is 5.94. The van der Waals surface area contributed by atoms with Crippen LogP contribution in [0.5, 0.6) is 0 Å². The molecule has 2 aromatic heterocycles. The highest BCUT2D eigenvalue weighted by molar-refractivity contribution is 6.28. The van der Waals surface area contributed by atoms with Crippen LogP contribution < -0.4 is 5.73 Å². The van der Waals surface area contributed by atoms with Gasteiger partial charge in [-0.2, -0.15) is 4.98 Å². The van der Waals surface area contributed by atoms with Crippen molar-refractivity contribution in [3.63, 3.8) is 0 Å². The Morgan fingerprint density at radius 1 is 1.50 bits per heavy atom. The lowest BCUT2D eigenvalue weighted by atomic mass is 10.0. The minimum absolute atomic E-state index is 0.0453. The standard InChI is InChI=1S/C20H25ClN4O3/c1-3-5-6-7-8-16(26)27-13-20(4-2)11-9-15(28-20)25-12-10-14-17(22)23-19(21)24-18(14)25/h2,10,12,15H,3,5-9,11,13H2,1H3,(H2,22,23,24)/t15-,20+/m1/s1. The lowest BCUT2D eigenvalue weighted by molar-refractivity contribution is -0.152. The first-order chi connectivity index (χ1) is 13.5. The Kier molecular flexibility index (Phi) is 6.42. The molecule has 2 N–H and O–H groups in total. The van der Waals surface area contributed by atoms with Gasteiger partial charge in [-0.1, -0.05) is 32.1 Å². The molecular weight excluding hydrogens is 380 g/mol. The number of hydrogen-bond donors (Lipinski definition) is 1. The van der Waals surface area contributed by atoms with Gasteiger partial charge in [-0.25, -0.2) is 4.98 Å². The van der Waals surface area contributed by atoms with Crippen LogP contribution in [0.2, 0.25) is 5.28 Å². The van der Waals surface area contributed by atoms with E-state index in [-0.39, 0.29) is 24.1 Å². The summed E-state index contributed by atoms with van der Waals surface area (Å²) in [7, 11) is 0. The molecule has 0 saturated carbocycles. The topological polar surface area (TPSA) is 92.3 Å². The number of rotatable bonds is 8. The summed E-state index contributed by atoms with van der Waals surface area (Å²) in [6.07, 6.45) is 12.9. The Morgan fingerprint density at radius 2 is 2.32 bits per heavy atom. The van der Waals surface area contributed by atoms with E-state index in [0.717, 1.165) is 25.7 Å². The highest BCUT2D eigenvalue weighted by Gasteiger charge is 2.41. The fourth-order valence-corrected chi connectivity index (χ4v) is 3.58. The highest BCUT2D eigenvalue weighted by Crippen LogP contribution is 2.38. The van der Waals surface area contributed by atoms with Gasteiger partial charge in [0.2, 0.25) is 5.28 Å². The molecular formula is C20H25ClN4O3. The largest absolute Gasteiger partial charge is 0.462 e. The van der Waals surface area contributed by atoms with Crippen LogP contribution in [0.3, 0.4) is 0 Å². The molecule has 0 radical (unpaired) electrons. The molecule has 150 valence electrons. The maximum Gasteiger partial charge on any atom is 0.305 e. The van der Waals surface area contributed by atoms with Gasteiger partial charge in [0.1, 0.15) is 24.3 Å². The van der Waals surface area contributed by atoms with Crippen molar-refractivity contribution in [2.75, 3.05) is 12.3 Å². The molecule has 28 heavy (non-hydrogen) atoms. The smallest absolute Gasteiger partial charge is 0.305 e. The molecule has 0 aromatic carbocycles. The number of nitrogens with zero attached hydrogens (tertiary/aromatic N) is 3. The highest BCUT2D eigenvalue weighted by atomic mass is 35.5. The van der Waals surface area contributed by atoms with Crippen LogP contribution in [-0.4, -0.2) is 32.7 Å². The van der Waals surface area contributed by atoms with Crippen LogP contribution in [-0.2, 0) is 14.3 Å². The Bertz CT molecular complexity index is 891. The molecule has 3 rings (SSSR count). The van der Waals surface area contributed by atoms with Crippen LogP contribution in [0.4, 0.5) is 5.82 Å². The van der Waals surface area contributed by atoms with E-state index in [4.69, 9.17) is 33.2 Å². The first-order valence-electron chi connectivity index (χ1n) is 9.59. The summed E-state index contributed by atoms with van der Waals surface area (Å²) in [6.45, 7) is 2.18. The van der Waals surface area contributed by atoms with Crippen molar-refractivity contribution >= 4 is 34.4 Å². The van der Waals surface area contributed by atoms with Gasteiger partial charge in [0.25, 0.3) is 0 Å². The van der Waals surface area contributed by atoms with Gasteiger partial charge in [-0.3, -0.25) is 4.79 Å². The fourth-order valence-electron chi connectivity index (χ4n) is 3.41. The molecule has 1 aliphatic heterocycles. The minimum atomic E-state index is -0.942. The summed E-state index contributed by atoms with van der Waals surface area (Å²) in [4.78, 5) is 20.2. The number of carbonyl (C=O) groups is 1. The first kappa shape index (κ1) is 20.4. The summed E-state index contributed by atoms with van der Waals surface area (Å²) in [5.41, 5.74) is 5.55. The second-order valence-corrected chi connectivity index (χ2v) is 7.40. The van der Waals surface area contributed by atoms with Crippen molar-refractivity contribution in [3.05, 3.63) is 17.5 Å². The van der Waals surface area contributed by atoms with E-state index >= 15 is 0 Å². The van der Waals surface area contributed by atoms with Gasteiger partial charge in [-0.15, -0.1) is 6.42 Å². The molecule has 7 nitrogen and oxygen atoms in total. The lowest BCUT2D eigenvalue weighted by Gasteiger charge is -2.24. The lowest BCUT2D eigenvalue weighted by Crippen LogP contribution is -2.34. The average molecular weight is 405 g/mol. The van der Waals surface area contributed by atoms with Gasteiger partial charge >= 0.3 is 5.97 Å². The molecule has 3 heterocycles. The molecule has 0 bridgehead atoms. The van der Waals surface area contributed by atoms with Crippen LogP contribution >= 0.6 is 11.6 Å². The normalized spacial score (nSPS) is 21.7. The molecule has 2 aromatic rings. The molecule has 0 amide bonds. The molecule has 8 heteroatoms. The first-order valence-corrected chi connectivity index (χ1v) is 9.96. The SMILES string of the molecule is C#C[C@@]1(COC(=O)CCCCCC)CC[C@H](n2ccc3c(N)nc(Cl)nc32)O1. The van der Waals surface area contributed by atoms with E-state index in [2.05, 4.69) is 22.8 Å². The van der Waals surface area contributed by atoms with E-state index in [9.17, 15) is 4.79 Å². The predicted octanol–water partition coefficient (Wildman–Crippen LogP) is 3.86.